The third-order valence-corrected chi connectivity index (χ3v) is 2.11. The first kappa shape index (κ1) is 6.67. The van der Waals surface area contributed by atoms with Crippen LogP contribution in [0.15, 0.2) is 33.5 Å². The topological polar surface area (TPSA) is 35.1 Å². The second-order valence-corrected chi connectivity index (χ2v) is 2.83. The zero-order chi connectivity index (χ0) is 7.84. The van der Waals surface area contributed by atoms with E-state index in [2.05, 4.69) is 16.1 Å². The lowest BCUT2D eigenvalue weighted by molar-refractivity contribution is 0.551. The molecule has 11 heavy (non-hydrogen) atoms. The first-order valence-corrected chi connectivity index (χ1v) is 3.77. The molecule has 0 radical (unpaired) electrons. The van der Waals surface area contributed by atoms with Crippen LogP contribution < -0.4 is 5.76 Å². The maximum absolute atomic E-state index is 10.9. The van der Waals surface area contributed by atoms with Gasteiger partial charge in [0.2, 0.25) is 0 Å². The van der Waals surface area contributed by atoms with Crippen LogP contribution >= 0.6 is 16.1 Å². The lowest BCUT2D eigenvalue weighted by Crippen LogP contribution is -2.02. The van der Waals surface area contributed by atoms with Crippen molar-refractivity contribution in [1.29, 1.82) is 0 Å². The highest BCUT2D eigenvalue weighted by molar-refractivity contribution is 9.08. The summed E-state index contributed by atoms with van der Waals surface area (Å²) in [5, 5.41) is 0. The molecular weight excluding hydrogens is 210 g/mol. The van der Waals surface area contributed by atoms with Crippen LogP contribution in [0.1, 0.15) is 0 Å². The first-order chi connectivity index (χ1) is 5.29. The van der Waals surface area contributed by atoms with E-state index in [1.165, 1.54) is 3.59 Å². The van der Waals surface area contributed by atoms with Gasteiger partial charge in [-0.25, -0.2) is 8.39 Å². The Bertz CT molecular complexity index is 443. The quantitative estimate of drug-likeness (QED) is 0.669. The Kier molecular flexibility index (Phi) is 1.35. The number of rotatable bonds is 0. The van der Waals surface area contributed by atoms with E-state index in [0.29, 0.717) is 5.58 Å². The van der Waals surface area contributed by atoms with Crippen molar-refractivity contribution in [1.82, 2.24) is 3.59 Å². The average Bonchev–Trinajstić information content (AvgIpc) is 2.30. The van der Waals surface area contributed by atoms with Gasteiger partial charge in [-0.3, -0.25) is 0 Å². The lowest BCUT2D eigenvalue weighted by Gasteiger charge is -1.84. The number of para-hydroxylation sites is 2. The van der Waals surface area contributed by atoms with Crippen molar-refractivity contribution in [3.8, 4) is 0 Å². The van der Waals surface area contributed by atoms with Crippen LogP contribution in [0.3, 0.4) is 0 Å². The van der Waals surface area contributed by atoms with E-state index >= 15 is 0 Å². The van der Waals surface area contributed by atoms with Gasteiger partial charge < -0.3 is 4.42 Å². The number of benzene rings is 1. The van der Waals surface area contributed by atoms with Crippen LogP contribution in [0.4, 0.5) is 0 Å². The third kappa shape index (κ3) is 0.903. The molecule has 0 aliphatic rings. The second kappa shape index (κ2) is 2.23. The van der Waals surface area contributed by atoms with Crippen LogP contribution in [-0.2, 0) is 0 Å². The van der Waals surface area contributed by atoms with Gasteiger partial charge in [0.15, 0.2) is 5.58 Å². The van der Waals surface area contributed by atoms with Crippen molar-refractivity contribution in [3.05, 3.63) is 34.8 Å². The van der Waals surface area contributed by atoms with Crippen molar-refractivity contribution in [2.24, 2.45) is 0 Å². The SMILES string of the molecule is O=c1oc2ccccc2n1Br. The van der Waals surface area contributed by atoms with Crippen molar-refractivity contribution in [2.75, 3.05) is 0 Å². The van der Waals surface area contributed by atoms with E-state index in [1.807, 2.05) is 12.1 Å². The average molecular weight is 214 g/mol. The van der Waals surface area contributed by atoms with Crippen molar-refractivity contribution in [2.45, 2.75) is 0 Å². The van der Waals surface area contributed by atoms with Gasteiger partial charge in [-0.15, -0.1) is 0 Å². The normalized spacial score (nSPS) is 10.6. The zero-order valence-electron chi connectivity index (χ0n) is 5.45. The predicted octanol–water partition coefficient (Wildman–Crippen LogP) is 1.75. The Morgan fingerprint density at radius 2 is 2.09 bits per heavy atom. The van der Waals surface area contributed by atoms with Gasteiger partial charge in [-0.2, -0.15) is 0 Å². The monoisotopic (exact) mass is 213 g/mol. The van der Waals surface area contributed by atoms with E-state index in [-0.39, 0.29) is 0 Å². The molecule has 0 bridgehead atoms. The fourth-order valence-electron chi connectivity index (χ4n) is 0.938. The summed E-state index contributed by atoms with van der Waals surface area (Å²) < 4.78 is 6.15. The van der Waals surface area contributed by atoms with Gasteiger partial charge in [0.05, 0.1) is 16.1 Å². The largest absolute Gasteiger partial charge is 0.430 e. The summed E-state index contributed by atoms with van der Waals surface area (Å²) in [6.45, 7) is 0. The summed E-state index contributed by atoms with van der Waals surface area (Å²) >= 11 is 3.06. The number of halogens is 1. The van der Waals surface area contributed by atoms with E-state index in [4.69, 9.17) is 4.42 Å². The first-order valence-electron chi connectivity index (χ1n) is 3.06. The minimum atomic E-state index is -0.397. The maximum atomic E-state index is 10.9. The number of hydrogen-bond acceptors (Lipinski definition) is 2. The Morgan fingerprint density at radius 3 is 2.82 bits per heavy atom. The number of fused-ring (bicyclic) bond motifs is 1. The maximum Gasteiger partial charge on any atom is 0.430 e. The summed E-state index contributed by atoms with van der Waals surface area (Å²) in [7, 11) is 0. The standard InChI is InChI=1S/C7H4BrNO2/c8-9-5-3-1-2-4-6(5)11-7(9)10/h1-4H. The Balaban J connectivity index is 3.04. The summed E-state index contributed by atoms with van der Waals surface area (Å²) in [4.78, 5) is 10.9. The minimum absolute atomic E-state index is 0.397. The van der Waals surface area contributed by atoms with Crippen LogP contribution in [0.2, 0.25) is 0 Å². The van der Waals surface area contributed by atoms with Crippen molar-refractivity contribution >= 4 is 27.2 Å². The highest BCUT2D eigenvalue weighted by Crippen LogP contribution is 2.12. The van der Waals surface area contributed by atoms with Gasteiger partial charge in [-0.1, -0.05) is 12.1 Å². The molecule has 2 aromatic rings. The number of aromatic nitrogens is 1. The molecule has 0 unspecified atom stereocenters. The third-order valence-electron chi connectivity index (χ3n) is 1.43. The zero-order valence-corrected chi connectivity index (χ0v) is 7.04. The van der Waals surface area contributed by atoms with E-state index in [0.717, 1.165) is 5.52 Å². The Morgan fingerprint density at radius 1 is 1.36 bits per heavy atom. The smallest absolute Gasteiger partial charge is 0.407 e. The number of oxazole rings is 1. The molecule has 0 aliphatic carbocycles. The molecule has 0 saturated heterocycles. The molecule has 1 aromatic carbocycles. The minimum Gasteiger partial charge on any atom is -0.407 e. The number of nitrogens with zero attached hydrogens (tertiary/aromatic N) is 1. The molecule has 0 spiro atoms. The molecule has 0 saturated carbocycles. The lowest BCUT2D eigenvalue weighted by atomic mass is 10.3. The fourth-order valence-corrected chi connectivity index (χ4v) is 1.30. The molecule has 1 heterocycles. The van der Waals surface area contributed by atoms with Gasteiger partial charge in [0, 0.05) is 0 Å². The number of hydrogen-bond donors (Lipinski definition) is 0. The molecule has 0 amide bonds. The van der Waals surface area contributed by atoms with Crippen LogP contribution in [0.5, 0.6) is 0 Å². The van der Waals surface area contributed by atoms with Gasteiger partial charge in [0.1, 0.15) is 5.52 Å². The van der Waals surface area contributed by atoms with Crippen molar-refractivity contribution in [3.63, 3.8) is 0 Å². The van der Waals surface area contributed by atoms with E-state index in [1.54, 1.807) is 12.1 Å². The second-order valence-electron chi connectivity index (χ2n) is 2.12. The Hall–Kier alpha value is -1.03. The highest BCUT2D eigenvalue weighted by atomic mass is 79.9. The summed E-state index contributed by atoms with van der Waals surface area (Å²) in [6, 6.07) is 7.21. The highest BCUT2D eigenvalue weighted by Gasteiger charge is 2.03. The predicted molar refractivity (Wildman–Crippen MR) is 44.8 cm³/mol. The summed E-state index contributed by atoms with van der Waals surface area (Å²) in [5.41, 5.74) is 1.34. The van der Waals surface area contributed by atoms with Crippen LogP contribution in [0, 0.1) is 0 Å². The van der Waals surface area contributed by atoms with Gasteiger partial charge >= 0.3 is 5.76 Å². The molecule has 3 nitrogen and oxygen atoms in total. The summed E-state index contributed by atoms with van der Waals surface area (Å²) in [5.74, 6) is -0.397. The molecule has 4 heteroatoms. The van der Waals surface area contributed by atoms with Gasteiger partial charge in [-0.05, 0) is 12.1 Å². The molecule has 0 atom stereocenters. The fraction of sp³-hybridized carbons (Fsp3) is 0. The van der Waals surface area contributed by atoms with Gasteiger partial charge in [0.25, 0.3) is 0 Å². The van der Waals surface area contributed by atoms with Crippen molar-refractivity contribution < 1.29 is 4.42 Å². The van der Waals surface area contributed by atoms with Crippen LogP contribution in [-0.4, -0.2) is 3.59 Å². The molecule has 0 aliphatic heterocycles. The molecule has 0 fully saturated rings. The molecular formula is C7H4BrNO2. The summed E-state index contributed by atoms with van der Waals surface area (Å²) in [6.07, 6.45) is 0. The van der Waals surface area contributed by atoms with Crippen LogP contribution in [0.25, 0.3) is 11.1 Å². The Labute approximate surface area is 70.6 Å². The molecule has 56 valence electrons. The molecule has 0 N–H and O–H groups in total. The van der Waals surface area contributed by atoms with E-state index < -0.39 is 5.76 Å². The van der Waals surface area contributed by atoms with E-state index in [9.17, 15) is 4.79 Å². The molecule has 2 rings (SSSR count). The molecule has 1 aromatic heterocycles.